The zero-order valence-corrected chi connectivity index (χ0v) is 13.2. The Kier molecular flexibility index (Phi) is 4.60. The van der Waals surface area contributed by atoms with Gasteiger partial charge in [-0.2, -0.15) is 4.98 Å². The maximum absolute atomic E-state index is 5.98. The van der Waals surface area contributed by atoms with E-state index in [9.17, 15) is 0 Å². The Morgan fingerprint density at radius 1 is 1.38 bits per heavy atom. The van der Waals surface area contributed by atoms with Gasteiger partial charge in [0.2, 0.25) is 11.7 Å². The molecule has 2 fully saturated rings. The summed E-state index contributed by atoms with van der Waals surface area (Å²) < 4.78 is 11.6. The Morgan fingerprint density at radius 2 is 2.19 bits per heavy atom. The van der Waals surface area contributed by atoms with Gasteiger partial charge < -0.3 is 14.6 Å². The summed E-state index contributed by atoms with van der Waals surface area (Å²) in [5, 5.41) is 7.64. The summed E-state index contributed by atoms with van der Waals surface area (Å²) in [6.07, 6.45) is 7.42. The number of ether oxygens (including phenoxy) is 1. The molecule has 0 spiro atoms. The van der Waals surface area contributed by atoms with E-state index in [2.05, 4.69) is 17.4 Å². The van der Waals surface area contributed by atoms with Gasteiger partial charge in [0.25, 0.3) is 0 Å². The lowest BCUT2D eigenvalue weighted by atomic mass is 9.85. The van der Waals surface area contributed by atoms with Gasteiger partial charge in [-0.15, -0.1) is 0 Å². The van der Waals surface area contributed by atoms with Crippen LogP contribution in [0.2, 0.25) is 0 Å². The number of hydrogen-bond donors (Lipinski definition) is 1. The second-order valence-corrected chi connectivity index (χ2v) is 6.72. The molecule has 2 unspecified atom stereocenters. The molecule has 5 heteroatoms. The van der Waals surface area contributed by atoms with Crippen LogP contribution >= 0.6 is 0 Å². The average Bonchev–Trinajstić information content (AvgIpc) is 3.16. The maximum atomic E-state index is 5.98. The third-order valence-electron chi connectivity index (χ3n) is 5.01. The third kappa shape index (κ3) is 3.14. The molecule has 2 aliphatic rings. The van der Waals surface area contributed by atoms with Crippen LogP contribution in [0, 0.1) is 5.92 Å². The van der Waals surface area contributed by atoms with E-state index < -0.39 is 0 Å². The second-order valence-electron chi connectivity index (χ2n) is 6.72. The topological polar surface area (TPSA) is 60.2 Å². The summed E-state index contributed by atoms with van der Waals surface area (Å²) in [6.45, 7) is 6.87. The zero-order chi connectivity index (χ0) is 14.7. The molecule has 1 aliphatic carbocycles. The van der Waals surface area contributed by atoms with E-state index in [-0.39, 0.29) is 11.5 Å². The molecule has 3 rings (SSSR count). The maximum Gasteiger partial charge on any atom is 0.234 e. The summed E-state index contributed by atoms with van der Waals surface area (Å²) in [4.78, 5) is 4.72. The third-order valence-corrected chi connectivity index (χ3v) is 5.01. The normalized spacial score (nSPS) is 28.9. The van der Waals surface area contributed by atoms with Crippen molar-refractivity contribution in [2.24, 2.45) is 5.92 Å². The molecule has 1 aromatic rings. The number of hydrogen-bond acceptors (Lipinski definition) is 5. The van der Waals surface area contributed by atoms with Gasteiger partial charge >= 0.3 is 0 Å². The lowest BCUT2D eigenvalue weighted by molar-refractivity contribution is -0.00145. The highest BCUT2D eigenvalue weighted by molar-refractivity contribution is 5.09. The van der Waals surface area contributed by atoms with Crippen LogP contribution in [0.15, 0.2) is 4.52 Å². The van der Waals surface area contributed by atoms with Crippen molar-refractivity contribution in [3.05, 3.63) is 11.7 Å². The van der Waals surface area contributed by atoms with E-state index in [1.807, 2.05) is 6.92 Å². The van der Waals surface area contributed by atoms with Crippen LogP contribution in [0.25, 0.3) is 0 Å². The van der Waals surface area contributed by atoms with Crippen molar-refractivity contribution in [3.63, 3.8) is 0 Å². The van der Waals surface area contributed by atoms with Gasteiger partial charge in [0.1, 0.15) is 6.10 Å². The molecule has 1 aromatic heterocycles. The minimum Gasteiger partial charge on any atom is -0.370 e. The zero-order valence-electron chi connectivity index (χ0n) is 13.2. The summed E-state index contributed by atoms with van der Waals surface area (Å²) in [6, 6.07) is 0. The molecule has 1 N–H and O–H groups in total. The smallest absolute Gasteiger partial charge is 0.234 e. The predicted molar refractivity (Wildman–Crippen MR) is 80.1 cm³/mol. The molecular formula is C16H27N3O2. The summed E-state index contributed by atoms with van der Waals surface area (Å²) in [7, 11) is 0. The number of aromatic nitrogens is 2. The van der Waals surface area contributed by atoms with Gasteiger partial charge in [-0.3, -0.25) is 0 Å². The molecular weight excluding hydrogens is 266 g/mol. The Morgan fingerprint density at radius 3 is 2.86 bits per heavy atom. The van der Waals surface area contributed by atoms with Crippen LogP contribution in [0.4, 0.5) is 0 Å². The predicted octanol–water partition coefficient (Wildman–Crippen LogP) is 2.98. The fourth-order valence-corrected chi connectivity index (χ4v) is 3.63. The van der Waals surface area contributed by atoms with Gasteiger partial charge in [0.15, 0.2) is 0 Å². The largest absolute Gasteiger partial charge is 0.370 e. The van der Waals surface area contributed by atoms with Crippen molar-refractivity contribution in [2.75, 3.05) is 19.7 Å². The quantitative estimate of drug-likeness (QED) is 0.904. The van der Waals surface area contributed by atoms with Gasteiger partial charge in [-0.1, -0.05) is 24.4 Å². The minimum absolute atomic E-state index is 0.00534. The minimum atomic E-state index is -0.0193. The lowest BCUT2D eigenvalue weighted by Crippen LogP contribution is -2.26. The highest BCUT2D eigenvalue weighted by atomic mass is 16.5. The highest BCUT2D eigenvalue weighted by Crippen LogP contribution is 2.37. The molecule has 0 radical (unpaired) electrons. The van der Waals surface area contributed by atoms with Crippen molar-refractivity contribution < 1.29 is 9.26 Å². The Balaban J connectivity index is 1.77. The molecule has 1 saturated heterocycles. The van der Waals surface area contributed by atoms with E-state index in [4.69, 9.17) is 14.2 Å². The fourth-order valence-electron chi connectivity index (χ4n) is 3.63. The van der Waals surface area contributed by atoms with Crippen LogP contribution in [0.1, 0.15) is 70.2 Å². The molecule has 5 nitrogen and oxygen atoms in total. The molecule has 118 valence electrons. The molecule has 21 heavy (non-hydrogen) atoms. The first-order chi connectivity index (χ1) is 10.2. The van der Waals surface area contributed by atoms with Gasteiger partial charge in [0, 0.05) is 13.2 Å². The van der Waals surface area contributed by atoms with Crippen molar-refractivity contribution in [1.29, 1.82) is 0 Å². The number of nitrogens with zero attached hydrogens (tertiary/aromatic N) is 2. The van der Waals surface area contributed by atoms with Crippen LogP contribution in [0.5, 0.6) is 0 Å². The van der Waals surface area contributed by atoms with Crippen molar-refractivity contribution in [2.45, 2.75) is 63.9 Å². The molecule has 0 amide bonds. The van der Waals surface area contributed by atoms with Crippen LogP contribution in [-0.4, -0.2) is 29.8 Å². The summed E-state index contributed by atoms with van der Waals surface area (Å²) in [5.74, 6) is 2.06. The number of rotatable bonds is 5. The molecule has 2 heterocycles. The SMILES string of the molecule is CCOC(c1noc(C2(C)CCNC2)n1)C1CCCCC1. The van der Waals surface area contributed by atoms with Crippen molar-refractivity contribution >= 4 is 0 Å². The van der Waals surface area contributed by atoms with Crippen molar-refractivity contribution in [1.82, 2.24) is 15.5 Å². The monoisotopic (exact) mass is 293 g/mol. The Hall–Kier alpha value is -0.940. The summed E-state index contributed by atoms with van der Waals surface area (Å²) >= 11 is 0. The molecule has 1 aliphatic heterocycles. The first-order valence-corrected chi connectivity index (χ1v) is 8.39. The fraction of sp³-hybridized carbons (Fsp3) is 0.875. The second kappa shape index (κ2) is 6.44. The molecule has 0 bridgehead atoms. The molecule has 0 aromatic carbocycles. The number of nitrogens with one attached hydrogen (secondary N) is 1. The van der Waals surface area contributed by atoms with Crippen molar-refractivity contribution in [3.8, 4) is 0 Å². The Bertz CT molecular complexity index is 448. The average molecular weight is 293 g/mol. The Labute approximate surface area is 126 Å². The van der Waals surface area contributed by atoms with Crippen LogP contribution < -0.4 is 5.32 Å². The standard InChI is InChI=1S/C16H27N3O2/c1-3-20-13(12-7-5-4-6-8-12)14-18-15(21-19-14)16(2)9-10-17-11-16/h12-13,17H,3-11H2,1-2H3. The van der Waals surface area contributed by atoms with Gasteiger partial charge in [0.05, 0.1) is 5.41 Å². The first kappa shape index (κ1) is 15.0. The van der Waals surface area contributed by atoms with E-state index in [1.165, 1.54) is 32.1 Å². The van der Waals surface area contributed by atoms with E-state index >= 15 is 0 Å². The van der Waals surface area contributed by atoms with E-state index in [0.29, 0.717) is 12.5 Å². The van der Waals surface area contributed by atoms with Crippen LogP contribution in [-0.2, 0) is 10.2 Å². The van der Waals surface area contributed by atoms with E-state index in [0.717, 1.165) is 31.2 Å². The van der Waals surface area contributed by atoms with Gasteiger partial charge in [-0.05, 0) is 45.6 Å². The van der Waals surface area contributed by atoms with Crippen LogP contribution in [0.3, 0.4) is 0 Å². The van der Waals surface area contributed by atoms with Gasteiger partial charge in [-0.25, -0.2) is 0 Å². The highest BCUT2D eigenvalue weighted by Gasteiger charge is 2.38. The summed E-state index contributed by atoms with van der Waals surface area (Å²) in [5.41, 5.74) is -0.0193. The lowest BCUT2D eigenvalue weighted by Gasteiger charge is -2.27. The first-order valence-electron chi connectivity index (χ1n) is 8.39. The molecule has 1 saturated carbocycles. The molecule has 2 atom stereocenters. The van der Waals surface area contributed by atoms with E-state index in [1.54, 1.807) is 0 Å².